The van der Waals surface area contributed by atoms with Crippen LogP contribution in [0.25, 0.3) is 0 Å². The molecule has 7 heteroatoms. The van der Waals surface area contributed by atoms with E-state index in [4.69, 9.17) is 16.7 Å². The van der Waals surface area contributed by atoms with E-state index in [-0.39, 0.29) is 16.6 Å². The molecular weight excluding hydrogens is 246 g/mol. The van der Waals surface area contributed by atoms with Crippen LogP contribution in [-0.4, -0.2) is 27.3 Å². The molecule has 0 amide bonds. The average molecular weight is 260 g/mol. The van der Waals surface area contributed by atoms with Gasteiger partial charge in [-0.05, 0) is 12.3 Å². The first-order valence-corrected chi connectivity index (χ1v) is 5.52. The predicted molar refractivity (Wildman–Crippen MR) is 64.4 cm³/mol. The Balaban J connectivity index is 2.90. The minimum atomic E-state index is -0.991. The summed E-state index contributed by atoms with van der Waals surface area (Å²) in [5.41, 5.74) is -0.325. The number of aromatic amines is 1. The SMILES string of the molecule is CC(C)CC(Nc1cn[nH]c(=O)c1Cl)C(=O)O. The fourth-order valence-corrected chi connectivity index (χ4v) is 1.51. The third-order valence-electron chi connectivity index (χ3n) is 2.13. The van der Waals surface area contributed by atoms with Gasteiger partial charge in [-0.15, -0.1) is 0 Å². The second-order valence-electron chi connectivity index (χ2n) is 4.09. The lowest BCUT2D eigenvalue weighted by atomic mass is 10.0. The van der Waals surface area contributed by atoms with Crippen LogP contribution in [0.15, 0.2) is 11.0 Å². The number of hydrogen-bond acceptors (Lipinski definition) is 4. The molecule has 1 heterocycles. The molecule has 3 N–H and O–H groups in total. The Labute approximate surface area is 103 Å². The van der Waals surface area contributed by atoms with Crippen molar-refractivity contribution in [1.29, 1.82) is 0 Å². The highest BCUT2D eigenvalue weighted by atomic mass is 35.5. The van der Waals surface area contributed by atoms with Crippen molar-refractivity contribution in [3.63, 3.8) is 0 Å². The molecule has 0 aliphatic heterocycles. The zero-order chi connectivity index (χ0) is 13.0. The highest BCUT2D eigenvalue weighted by molar-refractivity contribution is 6.32. The Hall–Kier alpha value is -1.56. The Morgan fingerprint density at radius 2 is 2.29 bits per heavy atom. The lowest BCUT2D eigenvalue weighted by Gasteiger charge is -2.17. The molecule has 0 aliphatic carbocycles. The van der Waals surface area contributed by atoms with Gasteiger partial charge in [0, 0.05) is 0 Å². The topological polar surface area (TPSA) is 95.1 Å². The molecule has 17 heavy (non-hydrogen) atoms. The molecule has 1 unspecified atom stereocenters. The van der Waals surface area contributed by atoms with Gasteiger partial charge in [0.05, 0.1) is 11.9 Å². The largest absolute Gasteiger partial charge is 0.480 e. The number of carboxylic acids is 1. The molecule has 6 nitrogen and oxygen atoms in total. The molecule has 94 valence electrons. The molecular formula is C10H14ClN3O3. The molecule has 0 aliphatic rings. The summed E-state index contributed by atoms with van der Waals surface area (Å²) in [5.74, 6) is -0.785. The summed E-state index contributed by atoms with van der Waals surface area (Å²) < 4.78 is 0. The first-order chi connectivity index (χ1) is 7.91. The van der Waals surface area contributed by atoms with Gasteiger partial charge in [-0.2, -0.15) is 5.10 Å². The van der Waals surface area contributed by atoms with Crippen LogP contribution in [0.2, 0.25) is 5.02 Å². The number of rotatable bonds is 5. The van der Waals surface area contributed by atoms with Gasteiger partial charge in [-0.1, -0.05) is 25.4 Å². The first-order valence-electron chi connectivity index (χ1n) is 5.14. The van der Waals surface area contributed by atoms with Gasteiger partial charge >= 0.3 is 5.97 Å². The van der Waals surface area contributed by atoms with Crippen LogP contribution in [0.5, 0.6) is 0 Å². The van der Waals surface area contributed by atoms with E-state index < -0.39 is 17.6 Å². The van der Waals surface area contributed by atoms with Crippen molar-refractivity contribution in [2.75, 3.05) is 5.32 Å². The third kappa shape index (κ3) is 3.74. The quantitative estimate of drug-likeness (QED) is 0.742. The molecule has 0 spiro atoms. The van der Waals surface area contributed by atoms with Gasteiger partial charge in [0.2, 0.25) is 0 Å². The number of carboxylic acid groups (broad SMARTS) is 1. The molecule has 0 radical (unpaired) electrons. The molecule has 1 aromatic heterocycles. The summed E-state index contributed by atoms with van der Waals surface area (Å²) >= 11 is 5.74. The van der Waals surface area contributed by atoms with Crippen molar-refractivity contribution in [3.8, 4) is 0 Å². The summed E-state index contributed by atoms with van der Waals surface area (Å²) in [6.07, 6.45) is 1.72. The van der Waals surface area contributed by atoms with E-state index in [1.807, 2.05) is 13.8 Å². The lowest BCUT2D eigenvalue weighted by Crippen LogP contribution is -2.31. The number of aliphatic carboxylic acids is 1. The number of nitrogens with one attached hydrogen (secondary N) is 2. The molecule has 1 aromatic rings. The van der Waals surface area contributed by atoms with E-state index in [1.165, 1.54) is 6.20 Å². The van der Waals surface area contributed by atoms with Crippen LogP contribution in [0.4, 0.5) is 5.69 Å². The minimum absolute atomic E-state index is 0.0880. The maximum atomic E-state index is 11.2. The van der Waals surface area contributed by atoms with Gasteiger partial charge in [-0.25, -0.2) is 9.89 Å². The zero-order valence-corrected chi connectivity index (χ0v) is 10.3. The van der Waals surface area contributed by atoms with Crippen molar-refractivity contribution in [2.24, 2.45) is 5.92 Å². The maximum Gasteiger partial charge on any atom is 0.326 e. The van der Waals surface area contributed by atoms with E-state index >= 15 is 0 Å². The number of aromatic nitrogens is 2. The molecule has 1 rings (SSSR count). The number of carbonyl (C=O) groups is 1. The number of hydrogen-bond donors (Lipinski definition) is 3. The van der Waals surface area contributed by atoms with Crippen molar-refractivity contribution in [3.05, 3.63) is 21.6 Å². The highest BCUT2D eigenvalue weighted by Crippen LogP contribution is 2.18. The standard InChI is InChI=1S/C10H14ClN3O3/c1-5(2)3-6(10(16)17)13-7-4-12-14-9(15)8(7)11/h4-6H,3H2,1-2H3,(H,16,17)(H2,13,14,15). The van der Waals surface area contributed by atoms with Crippen molar-refractivity contribution in [2.45, 2.75) is 26.3 Å². The second kappa shape index (κ2) is 5.67. The highest BCUT2D eigenvalue weighted by Gasteiger charge is 2.20. The van der Waals surface area contributed by atoms with E-state index in [0.717, 1.165) is 0 Å². The summed E-state index contributed by atoms with van der Waals surface area (Å²) in [6, 6.07) is -0.795. The van der Waals surface area contributed by atoms with Crippen molar-refractivity contribution >= 4 is 23.3 Å². The van der Waals surface area contributed by atoms with Gasteiger partial charge in [0.1, 0.15) is 11.1 Å². The van der Waals surface area contributed by atoms with Gasteiger partial charge < -0.3 is 10.4 Å². The van der Waals surface area contributed by atoms with E-state index in [2.05, 4.69) is 15.5 Å². The summed E-state index contributed by atoms with van der Waals surface area (Å²) in [4.78, 5) is 22.2. The monoisotopic (exact) mass is 259 g/mol. The summed E-state index contributed by atoms with van der Waals surface area (Å²) in [5, 5.41) is 17.4. The number of anilines is 1. The van der Waals surface area contributed by atoms with Crippen LogP contribution >= 0.6 is 11.6 Å². The average Bonchev–Trinajstić information content (AvgIpc) is 2.22. The Morgan fingerprint density at radius 1 is 1.65 bits per heavy atom. The Morgan fingerprint density at radius 3 is 2.82 bits per heavy atom. The van der Waals surface area contributed by atoms with Crippen LogP contribution < -0.4 is 10.9 Å². The Kier molecular flexibility index (Phi) is 4.51. The minimum Gasteiger partial charge on any atom is -0.480 e. The third-order valence-corrected chi connectivity index (χ3v) is 2.51. The number of H-pyrrole nitrogens is 1. The predicted octanol–water partition coefficient (Wildman–Crippen LogP) is 1.33. The van der Waals surface area contributed by atoms with Crippen molar-refractivity contribution in [1.82, 2.24) is 10.2 Å². The fraction of sp³-hybridized carbons (Fsp3) is 0.500. The normalized spacial score (nSPS) is 12.5. The van der Waals surface area contributed by atoms with E-state index in [0.29, 0.717) is 6.42 Å². The maximum absolute atomic E-state index is 11.2. The van der Waals surface area contributed by atoms with Crippen LogP contribution in [0.1, 0.15) is 20.3 Å². The fourth-order valence-electron chi connectivity index (χ4n) is 1.36. The van der Waals surface area contributed by atoms with E-state index in [1.54, 1.807) is 0 Å². The first kappa shape index (κ1) is 13.5. The van der Waals surface area contributed by atoms with Crippen molar-refractivity contribution < 1.29 is 9.90 Å². The second-order valence-corrected chi connectivity index (χ2v) is 4.47. The van der Waals surface area contributed by atoms with Crippen LogP contribution in [0.3, 0.4) is 0 Å². The molecule has 0 saturated carbocycles. The number of nitrogens with zero attached hydrogens (tertiary/aromatic N) is 1. The van der Waals surface area contributed by atoms with Gasteiger partial charge in [-0.3, -0.25) is 4.79 Å². The summed E-state index contributed by atoms with van der Waals surface area (Å²) in [6.45, 7) is 3.82. The molecule has 0 aromatic carbocycles. The number of halogens is 1. The zero-order valence-electron chi connectivity index (χ0n) is 9.53. The summed E-state index contributed by atoms with van der Waals surface area (Å²) in [7, 11) is 0. The van der Waals surface area contributed by atoms with E-state index in [9.17, 15) is 9.59 Å². The smallest absolute Gasteiger partial charge is 0.326 e. The molecule has 1 atom stereocenters. The molecule has 0 saturated heterocycles. The van der Waals surface area contributed by atoms with Gasteiger partial charge in [0.25, 0.3) is 5.56 Å². The Bertz CT molecular complexity index is 458. The molecule has 0 bridgehead atoms. The lowest BCUT2D eigenvalue weighted by molar-refractivity contribution is -0.138. The van der Waals surface area contributed by atoms with Crippen LogP contribution in [-0.2, 0) is 4.79 Å². The van der Waals surface area contributed by atoms with Gasteiger partial charge in [0.15, 0.2) is 0 Å². The molecule has 0 fully saturated rings. The van der Waals surface area contributed by atoms with Crippen LogP contribution in [0, 0.1) is 5.92 Å².